The largest absolute Gasteiger partial charge is 0.425 e. The maximum Gasteiger partial charge on any atom is 0.330 e. The minimum atomic E-state index is -0.680. The average Bonchev–Trinajstić information content (AvgIpc) is 3.26. The highest BCUT2D eigenvalue weighted by atomic mass is 17.1. The number of carbonyl (C=O) groups excluding carboxylic acids is 2. The number of hydrogen-bond acceptors (Lipinski definition) is 10. The van der Waals surface area contributed by atoms with Crippen LogP contribution in [0.1, 0.15) is 62.5 Å². The highest BCUT2D eigenvalue weighted by Crippen LogP contribution is 2.38. The third-order valence-corrected chi connectivity index (χ3v) is 7.78. The molecule has 2 aromatic carbocycles. The Morgan fingerprint density at radius 2 is 1.70 bits per heavy atom. The van der Waals surface area contributed by atoms with Gasteiger partial charge in [0.05, 0.1) is 23.7 Å². The van der Waals surface area contributed by atoms with Gasteiger partial charge < -0.3 is 25.4 Å². The second-order valence-corrected chi connectivity index (χ2v) is 10.9. The molecule has 0 bridgehead atoms. The second-order valence-electron chi connectivity index (χ2n) is 10.9. The molecule has 3 rings (SSSR count). The van der Waals surface area contributed by atoms with Crippen LogP contribution in [-0.2, 0) is 27.5 Å². The van der Waals surface area contributed by atoms with Crippen molar-refractivity contribution in [3.05, 3.63) is 77.9 Å². The smallest absolute Gasteiger partial charge is 0.330 e. The Hall–Kier alpha value is -3.16. The molecule has 0 unspecified atom stereocenters. The van der Waals surface area contributed by atoms with Gasteiger partial charge in [0.1, 0.15) is 18.9 Å². The number of aliphatic hydroxyl groups excluding tert-OH is 3. The summed E-state index contributed by atoms with van der Waals surface area (Å²) < 4.78 is 5.24. The summed E-state index contributed by atoms with van der Waals surface area (Å²) in [6.45, 7) is -0.560. The van der Waals surface area contributed by atoms with Gasteiger partial charge in [0, 0.05) is 12.0 Å². The van der Waals surface area contributed by atoms with E-state index in [9.17, 15) is 24.9 Å². The molecule has 0 aromatic heterocycles. The molecule has 6 N–H and O–H groups in total. The van der Waals surface area contributed by atoms with Gasteiger partial charge in [0.2, 0.25) is 5.91 Å². The van der Waals surface area contributed by atoms with E-state index in [0.717, 1.165) is 6.42 Å². The predicted molar refractivity (Wildman–Crippen MR) is 157 cm³/mol. The molecule has 236 valence electrons. The lowest BCUT2D eigenvalue weighted by molar-refractivity contribution is -0.497. The van der Waals surface area contributed by atoms with Crippen LogP contribution in [0.5, 0.6) is 5.75 Å². The van der Waals surface area contributed by atoms with Crippen LogP contribution in [0.25, 0.3) is 0 Å². The molecule has 5 atom stereocenters. The Morgan fingerprint density at radius 3 is 2.47 bits per heavy atom. The molecule has 0 saturated heterocycles. The zero-order valence-electron chi connectivity index (χ0n) is 24.3. The Labute approximate surface area is 252 Å². The van der Waals surface area contributed by atoms with Gasteiger partial charge in [0.15, 0.2) is 0 Å². The molecule has 1 fully saturated rings. The van der Waals surface area contributed by atoms with Crippen molar-refractivity contribution in [3.8, 4) is 5.75 Å². The Bertz CT molecular complexity index is 1140. The monoisotopic (exact) mass is 600 g/mol. The van der Waals surface area contributed by atoms with Gasteiger partial charge in [-0.2, -0.15) is 0 Å². The van der Waals surface area contributed by atoms with Gasteiger partial charge in [-0.05, 0) is 74.8 Å². The van der Waals surface area contributed by atoms with Crippen LogP contribution in [0.2, 0.25) is 0 Å². The molecular formula is C32H44N2O9. The second kappa shape index (κ2) is 18.5. The lowest BCUT2D eigenvalue weighted by Crippen LogP contribution is -2.31. The van der Waals surface area contributed by atoms with Crippen molar-refractivity contribution in [1.29, 1.82) is 0 Å². The molecule has 0 aliphatic heterocycles. The van der Waals surface area contributed by atoms with Gasteiger partial charge in [-0.3, -0.25) is 15.2 Å². The molecule has 0 heterocycles. The third-order valence-electron chi connectivity index (χ3n) is 7.78. The normalized spacial score (nSPS) is 20.9. The molecular weight excluding hydrogens is 556 g/mol. The van der Waals surface area contributed by atoms with Crippen LogP contribution in [-0.4, -0.2) is 67.9 Å². The SMILES string of the molecule is O=C(CCC/C=C\C[C@@H]1[C@@H](CC[C@@H](O)CCc2ccccc2)[C@H](O)C[C@@H]1O)NCC(=O)Oc1ccccc1CON(O)O. The summed E-state index contributed by atoms with van der Waals surface area (Å²) >= 11 is 0. The van der Waals surface area contributed by atoms with Crippen LogP contribution >= 0.6 is 0 Å². The highest BCUT2D eigenvalue weighted by molar-refractivity contribution is 5.82. The third kappa shape index (κ3) is 12.5. The zero-order chi connectivity index (χ0) is 31.0. The van der Waals surface area contributed by atoms with Gasteiger partial charge in [-0.15, -0.1) is 0 Å². The van der Waals surface area contributed by atoms with Crippen LogP contribution in [0.3, 0.4) is 0 Å². The summed E-state index contributed by atoms with van der Waals surface area (Å²) in [5.41, 5.74) is 1.59. The zero-order valence-corrected chi connectivity index (χ0v) is 24.3. The number of amides is 1. The number of benzene rings is 2. The van der Waals surface area contributed by atoms with Crippen LogP contribution in [0.15, 0.2) is 66.7 Å². The molecule has 0 spiro atoms. The van der Waals surface area contributed by atoms with Gasteiger partial charge in [0.25, 0.3) is 0 Å². The number of aliphatic hydroxyl groups is 3. The van der Waals surface area contributed by atoms with E-state index in [1.165, 1.54) is 11.6 Å². The standard InChI is InChI=1S/C32H44N2O9/c35-25(17-16-23-10-4-3-5-11-23)18-19-27-26(28(36)20-29(27)37)13-6-1-2-7-15-31(38)33-21-32(39)43-30-14-9-8-12-24(30)22-42-34(40)41/h1,3-6,8-12,14,25-29,35-37,40-41H,2,7,13,15-22H2,(H,33,38)/b6-1-/t25-,26+,27+,28-,29+/m0/s1. The number of nitrogens with one attached hydrogen (secondary N) is 1. The van der Waals surface area contributed by atoms with Crippen LogP contribution in [0, 0.1) is 11.8 Å². The molecule has 1 aliphatic rings. The number of ether oxygens (including phenoxy) is 1. The molecule has 1 saturated carbocycles. The summed E-state index contributed by atoms with van der Waals surface area (Å²) in [5, 5.41) is 51.0. The fourth-order valence-electron chi connectivity index (χ4n) is 5.43. The first-order valence-corrected chi connectivity index (χ1v) is 14.8. The van der Waals surface area contributed by atoms with Crippen molar-refractivity contribution in [3.63, 3.8) is 0 Å². The summed E-state index contributed by atoms with van der Waals surface area (Å²) in [6, 6.07) is 16.4. The van der Waals surface area contributed by atoms with E-state index in [2.05, 4.69) is 10.2 Å². The molecule has 2 aromatic rings. The van der Waals surface area contributed by atoms with E-state index in [4.69, 9.17) is 15.2 Å². The van der Waals surface area contributed by atoms with E-state index >= 15 is 0 Å². The predicted octanol–water partition coefficient (Wildman–Crippen LogP) is 3.47. The lowest BCUT2D eigenvalue weighted by Gasteiger charge is -2.23. The topological polar surface area (TPSA) is 169 Å². The summed E-state index contributed by atoms with van der Waals surface area (Å²) in [4.78, 5) is 28.9. The molecule has 11 heteroatoms. The van der Waals surface area contributed by atoms with E-state index in [0.29, 0.717) is 50.5 Å². The fourth-order valence-corrected chi connectivity index (χ4v) is 5.43. The van der Waals surface area contributed by atoms with E-state index in [-0.39, 0.29) is 43.1 Å². The number of hydrogen-bond donors (Lipinski definition) is 6. The van der Waals surface area contributed by atoms with Gasteiger partial charge in [-0.25, -0.2) is 9.63 Å². The number of nitrogens with zero attached hydrogens (tertiary/aromatic N) is 1. The van der Waals surface area contributed by atoms with Crippen molar-refractivity contribution in [1.82, 2.24) is 10.7 Å². The summed E-state index contributed by atoms with van der Waals surface area (Å²) in [7, 11) is 0. The first kappa shape index (κ1) is 34.3. The van der Waals surface area contributed by atoms with Crippen molar-refractivity contribution in [2.75, 3.05) is 6.54 Å². The molecule has 11 nitrogen and oxygen atoms in total. The first-order valence-electron chi connectivity index (χ1n) is 14.8. The minimum absolute atomic E-state index is 0.0740. The van der Waals surface area contributed by atoms with Crippen molar-refractivity contribution >= 4 is 11.9 Å². The highest BCUT2D eigenvalue weighted by Gasteiger charge is 2.40. The van der Waals surface area contributed by atoms with Gasteiger partial charge in [-0.1, -0.05) is 60.7 Å². The Morgan fingerprint density at radius 1 is 0.977 bits per heavy atom. The maximum atomic E-state index is 12.2. The van der Waals surface area contributed by atoms with Crippen molar-refractivity contribution in [2.45, 2.75) is 82.7 Å². The van der Waals surface area contributed by atoms with E-state index in [1.807, 2.05) is 42.5 Å². The van der Waals surface area contributed by atoms with E-state index < -0.39 is 29.7 Å². The number of aryl methyl sites for hydroxylation is 1. The number of carbonyl (C=O) groups is 2. The molecule has 0 radical (unpaired) electrons. The van der Waals surface area contributed by atoms with Crippen LogP contribution in [0.4, 0.5) is 0 Å². The van der Waals surface area contributed by atoms with Crippen molar-refractivity contribution in [2.24, 2.45) is 11.8 Å². The van der Waals surface area contributed by atoms with Gasteiger partial charge >= 0.3 is 5.97 Å². The Kier molecular flexibility index (Phi) is 14.8. The number of esters is 1. The first-order chi connectivity index (χ1) is 20.7. The number of para-hydroxylation sites is 1. The van der Waals surface area contributed by atoms with Crippen molar-refractivity contribution < 1.29 is 44.9 Å². The molecule has 1 amide bonds. The molecule has 43 heavy (non-hydrogen) atoms. The number of allylic oxidation sites excluding steroid dienone is 2. The maximum absolute atomic E-state index is 12.2. The van der Waals surface area contributed by atoms with E-state index in [1.54, 1.807) is 18.2 Å². The number of rotatable bonds is 18. The fraction of sp³-hybridized carbons (Fsp3) is 0.500. The van der Waals surface area contributed by atoms with Crippen LogP contribution < -0.4 is 10.1 Å². The minimum Gasteiger partial charge on any atom is -0.425 e. The average molecular weight is 601 g/mol. The lowest BCUT2D eigenvalue weighted by atomic mass is 9.85. The quantitative estimate of drug-likeness (QED) is 0.0490. The number of unbranched alkanes of at least 4 members (excludes halogenated alkanes) is 1. The summed E-state index contributed by atoms with van der Waals surface area (Å²) in [5.74, 6) is -0.950. The summed E-state index contributed by atoms with van der Waals surface area (Å²) in [6.07, 6.45) is 7.40. The Balaban J connectivity index is 1.31. The molecule has 1 aliphatic carbocycles.